The first kappa shape index (κ1) is 16.5. The van der Waals surface area contributed by atoms with E-state index >= 15 is 0 Å². The maximum atomic E-state index is 13.1. The van der Waals surface area contributed by atoms with E-state index in [4.69, 9.17) is 0 Å². The van der Waals surface area contributed by atoms with Crippen LogP contribution < -0.4 is 4.90 Å². The molecule has 5 nitrogen and oxygen atoms in total. The Morgan fingerprint density at radius 2 is 2.00 bits per heavy atom. The van der Waals surface area contributed by atoms with Gasteiger partial charge in [0.25, 0.3) is 6.43 Å². The number of carbonyl (C=O) groups excluding carboxylic acids is 1. The molecule has 0 spiro atoms. The number of methoxy groups -OCH3 is 1. The van der Waals surface area contributed by atoms with E-state index in [9.17, 15) is 13.6 Å². The molecule has 0 aliphatic carbocycles. The monoisotopic (exact) mass is 319 g/mol. The minimum Gasteiger partial charge on any atom is -0.464 e. The number of esters is 1. The third-order valence-electron chi connectivity index (χ3n) is 3.29. The Morgan fingerprint density at radius 3 is 2.65 bits per heavy atom. The number of aromatic nitrogens is 2. The highest BCUT2D eigenvalue weighted by atomic mass is 19.3. The minimum absolute atomic E-state index is 0.0688. The predicted molar refractivity (Wildman–Crippen MR) is 82.0 cm³/mol. The molecule has 0 amide bonds. The van der Waals surface area contributed by atoms with Crippen LogP contribution in [0.5, 0.6) is 0 Å². The fourth-order valence-electron chi connectivity index (χ4n) is 1.99. The standard InChI is InChI=1S/C16H15F2N3O2/c1-10(16(22)23-3)21(2)14-8-13(19-9-20-14)11-6-4-5-7-12(11)15(17)18/h4-9,15H,1H2,2-3H3. The van der Waals surface area contributed by atoms with Crippen LogP contribution in [0.2, 0.25) is 0 Å². The Hall–Kier alpha value is -2.83. The van der Waals surface area contributed by atoms with Crippen LogP contribution in [0.25, 0.3) is 11.3 Å². The van der Waals surface area contributed by atoms with Crippen molar-refractivity contribution in [3.63, 3.8) is 0 Å². The molecule has 0 radical (unpaired) electrons. The molecular weight excluding hydrogens is 304 g/mol. The zero-order valence-electron chi connectivity index (χ0n) is 12.7. The van der Waals surface area contributed by atoms with Crippen LogP contribution in [0, 0.1) is 0 Å². The second kappa shape index (κ2) is 6.95. The van der Waals surface area contributed by atoms with Crippen molar-refractivity contribution in [2.24, 2.45) is 0 Å². The molecule has 0 N–H and O–H groups in total. The second-order valence-corrected chi connectivity index (χ2v) is 4.65. The fraction of sp³-hybridized carbons (Fsp3) is 0.188. The van der Waals surface area contributed by atoms with Gasteiger partial charge in [0.1, 0.15) is 17.8 Å². The third-order valence-corrected chi connectivity index (χ3v) is 3.29. The number of hydrogen-bond donors (Lipinski definition) is 0. The van der Waals surface area contributed by atoms with Crippen molar-refractivity contribution in [2.45, 2.75) is 6.43 Å². The number of nitrogens with zero attached hydrogens (tertiary/aromatic N) is 3. The van der Waals surface area contributed by atoms with Gasteiger partial charge in [0.05, 0.1) is 12.8 Å². The molecule has 7 heteroatoms. The van der Waals surface area contributed by atoms with Gasteiger partial charge in [-0.05, 0) is 0 Å². The summed E-state index contributed by atoms with van der Waals surface area (Å²) in [6.07, 6.45) is -1.37. The lowest BCUT2D eigenvalue weighted by atomic mass is 10.0. The zero-order chi connectivity index (χ0) is 17.0. The molecule has 0 saturated carbocycles. The van der Waals surface area contributed by atoms with Crippen LogP contribution in [0.1, 0.15) is 12.0 Å². The third kappa shape index (κ3) is 3.50. The van der Waals surface area contributed by atoms with Gasteiger partial charge in [0.15, 0.2) is 0 Å². The number of carbonyl (C=O) groups is 1. The molecule has 1 aromatic carbocycles. The highest BCUT2D eigenvalue weighted by molar-refractivity contribution is 5.91. The Labute approximate surface area is 132 Å². The average Bonchev–Trinajstić information content (AvgIpc) is 2.59. The van der Waals surface area contributed by atoms with Gasteiger partial charge in [-0.1, -0.05) is 30.8 Å². The molecule has 0 saturated heterocycles. The molecule has 0 bridgehead atoms. The van der Waals surface area contributed by atoms with Crippen molar-refractivity contribution >= 4 is 11.8 Å². The number of alkyl halides is 2. The van der Waals surface area contributed by atoms with Gasteiger partial charge in [0, 0.05) is 24.2 Å². The Balaban J connectivity index is 2.42. The molecule has 0 unspecified atom stereocenters. The molecule has 1 aromatic heterocycles. The highest BCUT2D eigenvalue weighted by Gasteiger charge is 2.18. The molecule has 120 valence electrons. The summed E-state index contributed by atoms with van der Waals surface area (Å²) >= 11 is 0. The lowest BCUT2D eigenvalue weighted by Crippen LogP contribution is -2.24. The van der Waals surface area contributed by atoms with Gasteiger partial charge >= 0.3 is 5.97 Å². The molecule has 2 rings (SSSR count). The van der Waals surface area contributed by atoms with Crippen molar-refractivity contribution in [3.8, 4) is 11.3 Å². The Kier molecular flexibility index (Phi) is 5.00. The number of hydrogen-bond acceptors (Lipinski definition) is 5. The molecule has 0 aliphatic heterocycles. The number of halogens is 2. The number of rotatable bonds is 5. The summed E-state index contributed by atoms with van der Waals surface area (Å²) in [5.74, 6) is -0.268. The van der Waals surface area contributed by atoms with Crippen LogP contribution in [0.3, 0.4) is 0 Å². The molecule has 1 heterocycles. The molecule has 0 atom stereocenters. The van der Waals surface area contributed by atoms with Gasteiger partial charge < -0.3 is 9.64 Å². The second-order valence-electron chi connectivity index (χ2n) is 4.65. The fourth-order valence-corrected chi connectivity index (χ4v) is 1.99. The smallest absolute Gasteiger partial charge is 0.354 e. The number of likely N-dealkylation sites (N-methyl/N-ethyl adjacent to an activating group) is 1. The van der Waals surface area contributed by atoms with E-state index in [0.29, 0.717) is 17.1 Å². The van der Waals surface area contributed by atoms with Crippen LogP contribution in [-0.4, -0.2) is 30.1 Å². The molecular formula is C16H15F2N3O2. The van der Waals surface area contributed by atoms with Gasteiger partial charge in [-0.25, -0.2) is 23.5 Å². The van der Waals surface area contributed by atoms with E-state index in [0.717, 1.165) is 0 Å². The maximum absolute atomic E-state index is 13.1. The van der Waals surface area contributed by atoms with E-state index < -0.39 is 12.4 Å². The van der Waals surface area contributed by atoms with Crippen molar-refractivity contribution < 1.29 is 18.3 Å². The first-order valence-electron chi connectivity index (χ1n) is 6.66. The Morgan fingerprint density at radius 1 is 1.30 bits per heavy atom. The van der Waals surface area contributed by atoms with E-state index in [-0.39, 0.29) is 11.3 Å². The lowest BCUT2D eigenvalue weighted by molar-refractivity contribution is -0.136. The largest absolute Gasteiger partial charge is 0.464 e. The van der Waals surface area contributed by atoms with Gasteiger partial charge in [-0.2, -0.15) is 0 Å². The summed E-state index contributed by atoms with van der Waals surface area (Å²) < 4.78 is 30.8. The van der Waals surface area contributed by atoms with Gasteiger partial charge in [-0.15, -0.1) is 0 Å². The topological polar surface area (TPSA) is 55.3 Å². The van der Waals surface area contributed by atoms with E-state index in [1.807, 2.05) is 0 Å². The van der Waals surface area contributed by atoms with Crippen molar-refractivity contribution in [3.05, 3.63) is 54.5 Å². The van der Waals surface area contributed by atoms with Crippen LogP contribution in [0.4, 0.5) is 14.6 Å². The summed E-state index contributed by atoms with van der Waals surface area (Å²) in [6.45, 7) is 3.62. The molecule has 0 aliphatic rings. The van der Waals surface area contributed by atoms with Crippen molar-refractivity contribution in [1.82, 2.24) is 9.97 Å². The van der Waals surface area contributed by atoms with E-state index in [2.05, 4.69) is 21.3 Å². The van der Waals surface area contributed by atoms with Gasteiger partial charge in [-0.3, -0.25) is 0 Å². The summed E-state index contributed by atoms with van der Waals surface area (Å²) in [5, 5.41) is 0. The summed E-state index contributed by atoms with van der Waals surface area (Å²) in [5.41, 5.74) is 0.588. The first-order chi connectivity index (χ1) is 11.0. The van der Waals surface area contributed by atoms with E-state index in [1.54, 1.807) is 19.2 Å². The molecule has 23 heavy (non-hydrogen) atoms. The quantitative estimate of drug-likeness (QED) is 0.626. The van der Waals surface area contributed by atoms with Crippen LogP contribution >= 0.6 is 0 Å². The van der Waals surface area contributed by atoms with Crippen molar-refractivity contribution in [1.29, 1.82) is 0 Å². The zero-order valence-corrected chi connectivity index (χ0v) is 12.7. The SMILES string of the molecule is C=C(C(=O)OC)N(C)c1cc(-c2ccccc2C(F)F)ncn1. The Bertz CT molecular complexity index is 735. The maximum Gasteiger partial charge on any atom is 0.354 e. The summed E-state index contributed by atoms with van der Waals surface area (Å²) in [6, 6.07) is 7.61. The van der Waals surface area contributed by atoms with Gasteiger partial charge in [0.2, 0.25) is 0 Å². The lowest BCUT2D eigenvalue weighted by Gasteiger charge is -2.19. The minimum atomic E-state index is -2.62. The van der Waals surface area contributed by atoms with Crippen LogP contribution in [0.15, 0.2) is 48.9 Å². The van der Waals surface area contributed by atoms with E-state index in [1.165, 1.54) is 36.5 Å². The average molecular weight is 319 g/mol. The van der Waals surface area contributed by atoms with Crippen LogP contribution in [-0.2, 0) is 9.53 Å². The van der Waals surface area contributed by atoms with Crippen molar-refractivity contribution in [2.75, 3.05) is 19.1 Å². The normalized spacial score (nSPS) is 10.5. The number of anilines is 1. The molecule has 0 fully saturated rings. The summed E-state index contributed by atoms with van der Waals surface area (Å²) in [7, 11) is 2.82. The molecule has 2 aromatic rings. The number of benzene rings is 1. The summed E-state index contributed by atoms with van der Waals surface area (Å²) in [4.78, 5) is 21.0. The predicted octanol–water partition coefficient (Wildman–Crippen LogP) is 3.20. The highest BCUT2D eigenvalue weighted by Crippen LogP contribution is 2.31. The first-order valence-corrected chi connectivity index (χ1v) is 6.66. The number of ether oxygens (including phenoxy) is 1.